The fraction of sp³-hybridized carbons (Fsp3) is 0.625. The molecular weight excluding hydrogens is 307 g/mol. The van der Waals surface area contributed by atoms with Crippen molar-refractivity contribution < 1.29 is 4.74 Å². The van der Waals surface area contributed by atoms with Crippen molar-refractivity contribution in [2.24, 2.45) is 5.92 Å². The summed E-state index contributed by atoms with van der Waals surface area (Å²) in [6.07, 6.45) is 3.90. The molecule has 1 aliphatic carbocycles. The molecule has 1 aromatic carbocycles. The van der Waals surface area contributed by atoms with Crippen LogP contribution < -0.4 is 10.6 Å². The van der Waals surface area contributed by atoms with E-state index in [9.17, 15) is 0 Å². The quantitative estimate of drug-likeness (QED) is 0.890. The highest BCUT2D eigenvalue weighted by atomic mass is 35.5. The number of rotatable bonds is 4. The lowest BCUT2D eigenvalue weighted by molar-refractivity contribution is 0.0524. The molecule has 1 aliphatic heterocycles. The zero-order valence-corrected chi connectivity index (χ0v) is 13.8. The van der Waals surface area contributed by atoms with Crippen LogP contribution in [0.2, 0.25) is 5.02 Å². The molecule has 1 aromatic rings. The second kappa shape index (κ2) is 8.35. The molecule has 5 heteroatoms. The normalized spacial score (nSPS) is 29.1. The van der Waals surface area contributed by atoms with Crippen molar-refractivity contribution in [1.82, 2.24) is 10.6 Å². The molecule has 2 N–H and O–H groups in total. The summed E-state index contributed by atoms with van der Waals surface area (Å²) in [6, 6.07) is 9.24. The third-order valence-electron chi connectivity index (χ3n) is 4.52. The zero-order valence-electron chi connectivity index (χ0n) is 12.2. The number of hydrogen-bond donors (Lipinski definition) is 2. The van der Waals surface area contributed by atoms with Gasteiger partial charge in [-0.2, -0.15) is 0 Å². The predicted molar refractivity (Wildman–Crippen MR) is 89.3 cm³/mol. The van der Waals surface area contributed by atoms with Gasteiger partial charge in [0.15, 0.2) is 0 Å². The average molecular weight is 331 g/mol. The third kappa shape index (κ3) is 4.57. The summed E-state index contributed by atoms with van der Waals surface area (Å²) in [5, 5.41) is 8.14. The van der Waals surface area contributed by atoms with Crippen LogP contribution in [0.5, 0.6) is 0 Å². The predicted octanol–water partition coefficient (Wildman–Crippen LogP) is 3.01. The first-order chi connectivity index (χ1) is 9.83. The summed E-state index contributed by atoms with van der Waals surface area (Å²) in [4.78, 5) is 0. The minimum absolute atomic E-state index is 0. The highest BCUT2D eigenvalue weighted by Crippen LogP contribution is 2.29. The molecule has 0 amide bonds. The van der Waals surface area contributed by atoms with Crippen molar-refractivity contribution >= 4 is 24.0 Å². The van der Waals surface area contributed by atoms with E-state index in [4.69, 9.17) is 16.3 Å². The first kappa shape index (κ1) is 17.0. The van der Waals surface area contributed by atoms with Crippen molar-refractivity contribution in [3.63, 3.8) is 0 Å². The molecule has 2 aliphatic rings. The van der Waals surface area contributed by atoms with Crippen LogP contribution in [0.1, 0.15) is 24.8 Å². The number of nitrogens with one attached hydrogen (secondary N) is 2. The van der Waals surface area contributed by atoms with Crippen molar-refractivity contribution in [1.29, 1.82) is 0 Å². The number of hydrogen-bond acceptors (Lipinski definition) is 3. The van der Waals surface area contributed by atoms with Gasteiger partial charge in [-0.05, 0) is 36.5 Å². The van der Waals surface area contributed by atoms with Crippen LogP contribution in [0.3, 0.4) is 0 Å². The van der Waals surface area contributed by atoms with E-state index in [1.807, 2.05) is 12.1 Å². The second-order valence-electron chi connectivity index (χ2n) is 5.84. The zero-order chi connectivity index (χ0) is 13.8. The van der Waals surface area contributed by atoms with E-state index in [1.165, 1.54) is 24.8 Å². The molecule has 1 heterocycles. The van der Waals surface area contributed by atoms with Gasteiger partial charge >= 0.3 is 0 Å². The number of halogens is 2. The van der Waals surface area contributed by atoms with Crippen molar-refractivity contribution in [3.8, 4) is 0 Å². The van der Waals surface area contributed by atoms with Crippen LogP contribution in [0.4, 0.5) is 0 Å². The fourth-order valence-corrected chi connectivity index (χ4v) is 3.56. The summed E-state index contributed by atoms with van der Waals surface area (Å²) >= 11 is 5.92. The molecule has 21 heavy (non-hydrogen) atoms. The van der Waals surface area contributed by atoms with E-state index < -0.39 is 0 Å². The Morgan fingerprint density at radius 3 is 2.76 bits per heavy atom. The Labute approximate surface area is 138 Å². The van der Waals surface area contributed by atoms with Gasteiger partial charge in [-0.1, -0.05) is 30.2 Å². The van der Waals surface area contributed by atoms with E-state index in [1.54, 1.807) is 0 Å². The standard InChI is InChI=1S/C16H23ClN2O.ClH/c17-13-6-4-12(5-7-13)10-19-15-3-1-2-14(15)16-11-20-9-8-18-16;/h4-7,14-16,18-19H,1-3,8-11H2;1H. The Hall–Kier alpha value is -0.320. The van der Waals surface area contributed by atoms with Crippen LogP contribution in [-0.2, 0) is 11.3 Å². The van der Waals surface area contributed by atoms with E-state index in [0.29, 0.717) is 18.0 Å². The summed E-state index contributed by atoms with van der Waals surface area (Å²) in [6.45, 7) is 3.63. The molecule has 3 atom stereocenters. The van der Waals surface area contributed by atoms with Crippen molar-refractivity contribution in [3.05, 3.63) is 34.9 Å². The summed E-state index contributed by atoms with van der Waals surface area (Å²) in [5.41, 5.74) is 1.30. The van der Waals surface area contributed by atoms with Crippen molar-refractivity contribution in [2.75, 3.05) is 19.8 Å². The summed E-state index contributed by atoms with van der Waals surface area (Å²) in [7, 11) is 0. The van der Waals surface area contributed by atoms with Gasteiger partial charge in [-0.25, -0.2) is 0 Å². The lowest BCUT2D eigenvalue weighted by Gasteiger charge is -2.33. The van der Waals surface area contributed by atoms with E-state index in [2.05, 4.69) is 22.8 Å². The van der Waals surface area contributed by atoms with Crippen LogP contribution in [0, 0.1) is 5.92 Å². The molecule has 0 spiro atoms. The first-order valence-corrected chi connectivity index (χ1v) is 8.00. The average Bonchev–Trinajstić information content (AvgIpc) is 2.96. The number of morpholine rings is 1. The number of ether oxygens (including phenoxy) is 1. The molecule has 3 rings (SSSR count). The Bertz CT molecular complexity index is 421. The van der Waals surface area contributed by atoms with Gasteiger partial charge in [0, 0.05) is 30.2 Å². The van der Waals surface area contributed by atoms with Gasteiger partial charge in [0.05, 0.1) is 13.2 Å². The SMILES string of the molecule is Cl.Clc1ccc(CNC2CCCC2C2COCCN2)cc1. The monoisotopic (exact) mass is 330 g/mol. The van der Waals surface area contributed by atoms with E-state index >= 15 is 0 Å². The van der Waals surface area contributed by atoms with Crippen LogP contribution in [-0.4, -0.2) is 31.8 Å². The van der Waals surface area contributed by atoms with Gasteiger partial charge in [0.25, 0.3) is 0 Å². The van der Waals surface area contributed by atoms with E-state index in [0.717, 1.165) is 31.3 Å². The Morgan fingerprint density at radius 2 is 2.05 bits per heavy atom. The first-order valence-electron chi connectivity index (χ1n) is 7.62. The fourth-order valence-electron chi connectivity index (χ4n) is 3.44. The van der Waals surface area contributed by atoms with Gasteiger partial charge in [0.1, 0.15) is 0 Å². The lowest BCUT2D eigenvalue weighted by atomic mass is 9.94. The summed E-state index contributed by atoms with van der Waals surface area (Å²) in [5.74, 6) is 0.697. The largest absolute Gasteiger partial charge is 0.379 e. The highest BCUT2D eigenvalue weighted by Gasteiger charge is 2.34. The molecule has 118 valence electrons. The van der Waals surface area contributed by atoms with Crippen molar-refractivity contribution in [2.45, 2.75) is 37.9 Å². The summed E-state index contributed by atoms with van der Waals surface area (Å²) < 4.78 is 5.61. The maximum atomic E-state index is 5.92. The second-order valence-corrected chi connectivity index (χ2v) is 6.28. The highest BCUT2D eigenvalue weighted by molar-refractivity contribution is 6.30. The van der Waals surface area contributed by atoms with Gasteiger partial charge in [0.2, 0.25) is 0 Å². The van der Waals surface area contributed by atoms with Gasteiger partial charge < -0.3 is 15.4 Å². The van der Waals surface area contributed by atoms with Gasteiger partial charge in [-0.15, -0.1) is 12.4 Å². The van der Waals surface area contributed by atoms with Crippen LogP contribution >= 0.6 is 24.0 Å². The smallest absolute Gasteiger partial charge is 0.0623 e. The number of benzene rings is 1. The minimum atomic E-state index is 0. The molecule has 0 bridgehead atoms. The topological polar surface area (TPSA) is 33.3 Å². The maximum absolute atomic E-state index is 5.92. The molecule has 1 saturated heterocycles. The maximum Gasteiger partial charge on any atom is 0.0623 e. The lowest BCUT2D eigenvalue weighted by Crippen LogP contribution is -2.50. The van der Waals surface area contributed by atoms with Gasteiger partial charge in [-0.3, -0.25) is 0 Å². The Morgan fingerprint density at radius 1 is 1.24 bits per heavy atom. The Kier molecular flexibility index (Phi) is 6.77. The third-order valence-corrected chi connectivity index (χ3v) is 4.77. The molecule has 1 saturated carbocycles. The Balaban J connectivity index is 0.00000161. The molecule has 0 aromatic heterocycles. The minimum Gasteiger partial charge on any atom is -0.379 e. The molecule has 3 nitrogen and oxygen atoms in total. The molecule has 0 radical (unpaired) electrons. The molecule has 3 unspecified atom stereocenters. The van der Waals surface area contributed by atoms with E-state index in [-0.39, 0.29) is 12.4 Å². The van der Waals surface area contributed by atoms with Crippen LogP contribution in [0.15, 0.2) is 24.3 Å². The van der Waals surface area contributed by atoms with Crippen LogP contribution in [0.25, 0.3) is 0 Å². The molecule has 2 fully saturated rings. The molecular formula is C16H24Cl2N2O.